The van der Waals surface area contributed by atoms with Crippen LogP contribution in [0.2, 0.25) is 5.02 Å². The van der Waals surface area contributed by atoms with Gasteiger partial charge in [0.25, 0.3) is 5.91 Å². The zero-order valence-corrected chi connectivity index (χ0v) is 15.3. The minimum Gasteiger partial charge on any atom is -0.339 e. The van der Waals surface area contributed by atoms with E-state index in [4.69, 9.17) is 11.6 Å². The largest absolute Gasteiger partial charge is 0.339 e. The number of carbonyl (C=O) groups excluding carboxylic acids is 2. The van der Waals surface area contributed by atoms with E-state index >= 15 is 0 Å². The lowest BCUT2D eigenvalue weighted by atomic mass is 10.1. The van der Waals surface area contributed by atoms with Gasteiger partial charge in [-0.2, -0.15) is 0 Å². The molecule has 0 atom stereocenters. The number of nitrogens with one attached hydrogen (secondary N) is 2. The van der Waals surface area contributed by atoms with Crippen molar-refractivity contribution in [1.82, 2.24) is 4.90 Å². The van der Waals surface area contributed by atoms with E-state index in [0.717, 1.165) is 25.9 Å². The van der Waals surface area contributed by atoms with Crippen molar-refractivity contribution >= 4 is 34.9 Å². The molecule has 5 nitrogen and oxygen atoms in total. The van der Waals surface area contributed by atoms with Gasteiger partial charge < -0.3 is 15.5 Å². The van der Waals surface area contributed by atoms with E-state index in [0.29, 0.717) is 22.0 Å². The maximum atomic E-state index is 12.6. The van der Waals surface area contributed by atoms with E-state index in [2.05, 4.69) is 10.6 Å². The predicted molar refractivity (Wildman–Crippen MR) is 105 cm³/mol. The summed E-state index contributed by atoms with van der Waals surface area (Å²) in [6.45, 7) is 1.64. The summed E-state index contributed by atoms with van der Waals surface area (Å²) in [5, 5.41) is 6.02. The van der Waals surface area contributed by atoms with Gasteiger partial charge in [-0.15, -0.1) is 0 Å². The van der Waals surface area contributed by atoms with Gasteiger partial charge in [-0.05, 0) is 55.3 Å². The van der Waals surface area contributed by atoms with Gasteiger partial charge >= 0.3 is 6.03 Å². The third-order valence-electron chi connectivity index (χ3n) is 4.37. The molecule has 2 aromatic rings. The predicted octanol–water partition coefficient (Wildman–Crippen LogP) is 5.00. The van der Waals surface area contributed by atoms with E-state index in [9.17, 15) is 9.59 Å². The van der Waals surface area contributed by atoms with Crippen LogP contribution in [0.25, 0.3) is 0 Å². The summed E-state index contributed by atoms with van der Waals surface area (Å²) in [6.07, 6.45) is 4.51. The first kappa shape index (κ1) is 18.3. The number of hydrogen-bond acceptors (Lipinski definition) is 2. The van der Waals surface area contributed by atoms with Crippen molar-refractivity contribution in [3.05, 3.63) is 59.1 Å². The molecule has 1 aliphatic rings. The summed E-state index contributed by atoms with van der Waals surface area (Å²) in [5.41, 5.74) is 1.88. The van der Waals surface area contributed by atoms with Crippen LogP contribution in [0.3, 0.4) is 0 Å². The third-order valence-corrected chi connectivity index (χ3v) is 4.60. The lowest BCUT2D eigenvalue weighted by molar-refractivity contribution is 0.0761. The molecular formula is C20H22ClN3O2. The second kappa shape index (κ2) is 8.72. The van der Waals surface area contributed by atoms with Crippen LogP contribution < -0.4 is 10.6 Å². The van der Waals surface area contributed by atoms with Crippen LogP contribution in [0.1, 0.15) is 36.0 Å². The topological polar surface area (TPSA) is 61.4 Å². The minimum absolute atomic E-state index is 0.0572. The molecule has 0 bridgehead atoms. The molecule has 1 aliphatic heterocycles. The monoisotopic (exact) mass is 371 g/mol. The lowest BCUT2D eigenvalue weighted by Crippen LogP contribution is -2.31. The van der Waals surface area contributed by atoms with Crippen LogP contribution in [0.4, 0.5) is 16.2 Å². The van der Waals surface area contributed by atoms with Gasteiger partial charge in [0.05, 0.1) is 0 Å². The fraction of sp³-hybridized carbons (Fsp3) is 0.300. The average molecular weight is 372 g/mol. The quantitative estimate of drug-likeness (QED) is 0.797. The van der Waals surface area contributed by atoms with Gasteiger partial charge in [0.2, 0.25) is 0 Å². The number of amides is 3. The Morgan fingerprint density at radius 1 is 0.846 bits per heavy atom. The van der Waals surface area contributed by atoms with Crippen molar-refractivity contribution in [3.8, 4) is 0 Å². The fourth-order valence-electron chi connectivity index (χ4n) is 3.01. The molecule has 0 aliphatic carbocycles. The molecule has 0 spiro atoms. The number of carbonyl (C=O) groups is 2. The Morgan fingerprint density at radius 3 is 2.15 bits per heavy atom. The molecule has 3 amide bonds. The van der Waals surface area contributed by atoms with Crippen LogP contribution in [0, 0.1) is 0 Å². The molecule has 2 N–H and O–H groups in total. The highest BCUT2D eigenvalue weighted by Gasteiger charge is 2.17. The first-order valence-corrected chi connectivity index (χ1v) is 9.22. The summed E-state index contributed by atoms with van der Waals surface area (Å²) in [6, 6.07) is 13.6. The van der Waals surface area contributed by atoms with Crippen LogP contribution >= 0.6 is 11.6 Å². The van der Waals surface area contributed by atoms with Crippen LogP contribution in [-0.4, -0.2) is 29.9 Å². The maximum absolute atomic E-state index is 12.6. The molecule has 3 rings (SSSR count). The molecule has 0 radical (unpaired) electrons. The number of urea groups is 1. The Balaban J connectivity index is 1.58. The Morgan fingerprint density at radius 2 is 1.50 bits per heavy atom. The average Bonchev–Trinajstić information content (AvgIpc) is 2.91. The number of anilines is 2. The van der Waals surface area contributed by atoms with E-state index < -0.39 is 0 Å². The molecule has 0 unspecified atom stereocenters. The molecular weight excluding hydrogens is 350 g/mol. The van der Waals surface area contributed by atoms with Crippen LogP contribution in [0.15, 0.2) is 48.5 Å². The smallest absolute Gasteiger partial charge is 0.323 e. The highest BCUT2D eigenvalue weighted by atomic mass is 35.5. The molecule has 0 saturated carbocycles. The standard InChI is InChI=1S/C20H22ClN3O2/c21-16-6-5-7-18(14-16)23-20(26)22-17-10-8-15(9-11-17)19(25)24-12-3-1-2-4-13-24/h5-11,14H,1-4,12-13H2,(H2,22,23,26). The summed E-state index contributed by atoms with van der Waals surface area (Å²) in [4.78, 5) is 26.5. The second-order valence-electron chi connectivity index (χ2n) is 6.37. The van der Waals surface area contributed by atoms with E-state index in [1.54, 1.807) is 48.5 Å². The number of benzene rings is 2. The Labute approximate surface area is 158 Å². The SMILES string of the molecule is O=C(Nc1ccc(C(=O)N2CCCCCC2)cc1)Nc1cccc(Cl)c1. The maximum Gasteiger partial charge on any atom is 0.323 e. The highest BCUT2D eigenvalue weighted by molar-refractivity contribution is 6.30. The van der Waals surface area contributed by atoms with E-state index in [1.165, 1.54) is 12.8 Å². The molecule has 1 saturated heterocycles. The number of hydrogen-bond donors (Lipinski definition) is 2. The van der Waals surface area contributed by atoms with Gasteiger partial charge in [0.1, 0.15) is 0 Å². The zero-order valence-electron chi connectivity index (χ0n) is 14.5. The number of nitrogens with zero attached hydrogens (tertiary/aromatic N) is 1. The Bertz CT molecular complexity index is 769. The van der Waals surface area contributed by atoms with Crippen molar-refractivity contribution in [3.63, 3.8) is 0 Å². The number of likely N-dealkylation sites (tertiary alicyclic amines) is 1. The second-order valence-corrected chi connectivity index (χ2v) is 6.81. The van der Waals surface area contributed by atoms with Gasteiger partial charge in [0, 0.05) is 35.1 Å². The normalized spacial score (nSPS) is 14.4. The summed E-state index contributed by atoms with van der Waals surface area (Å²) < 4.78 is 0. The molecule has 0 aromatic heterocycles. The summed E-state index contributed by atoms with van der Waals surface area (Å²) in [5.74, 6) is 0.0572. The molecule has 1 fully saturated rings. The van der Waals surface area contributed by atoms with Crippen molar-refractivity contribution in [2.75, 3.05) is 23.7 Å². The van der Waals surface area contributed by atoms with Crippen LogP contribution in [0.5, 0.6) is 0 Å². The van der Waals surface area contributed by atoms with Crippen molar-refractivity contribution < 1.29 is 9.59 Å². The number of halogens is 1. The van der Waals surface area contributed by atoms with Crippen molar-refractivity contribution in [2.45, 2.75) is 25.7 Å². The van der Waals surface area contributed by atoms with Crippen molar-refractivity contribution in [1.29, 1.82) is 0 Å². The van der Waals surface area contributed by atoms with Crippen LogP contribution in [-0.2, 0) is 0 Å². The molecule has 2 aromatic carbocycles. The lowest BCUT2D eigenvalue weighted by Gasteiger charge is -2.20. The first-order valence-electron chi connectivity index (χ1n) is 8.85. The zero-order chi connectivity index (χ0) is 18.4. The minimum atomic E-state index is -0.362. The molecule has 26 heavy (non-hydrogen) atoms. The van der Waals surface area contributed by atoms with Gasteiger partial charge in [-0.25, -0.2) is 4.79 Å². The molecule has 1 heterocycles. The number of rotatable bonds is 3. The third kappa shape index (κ3) is 4.99. The molecule has 136 valence electrons. The van der Waals surface area contributed by atoms with E-state index in [-0.39, 0.29) is 11.9 Å². The van der Waals surface area contributed by atoms with Gasteiger partial charge in [0.15, 0.2) is 0 Å². The summed E-state index contributed by atoms with van der Waals surface area (Å²) in [7, 11) is 0. The van der Waals surface area contributed by atoms with Gasteiger partial charge in [-0.3, -0.25) is 4.79 Å². The van der Waals surface area contributed by atoms with Gasteiger partial charge in [-0.1, -0.05) is 30.5 Å². The highest BCUT2D eigenvalue weighted by Crippen LogP contribution is 2.17. The summed E-state index contributed by atoms with van der Waals surface area (Å²) >= 11 is 5.90. The fourth-order valence-corrected chi connectivity index (χ4v) is 3.20. The van der Waals surface area contributed by atoms with Crippen molar-refractivity contribution in [2.24, 2.45) is 0 Å². The Hall–Kier alpha value is -2.53. The molecule has 6 heteroatoms. The first-order chi connectivity index (χ1) is 12.6. The Kier molecular flexibility index (Phi) is 6.12. The van der Waals surface area contributed by atoms with E-state index in [1.807, 2.05) is 4.90 Å².